The number of aromatic amines is 1. The number of hydrogen-bond acceptors (Lipinski definition) is 4. The fourth-order valence-electron chi connectivity index (χ4n) is 3.37. The predicted molar refractivity (Wildman–Crippen MR) is 122 cm³/mol. The minimum Gasteiger partial charge on any atom is -0.454 e. The van der Waals surface area contributed by atoms with Gasteiger partial charge in [-0.2, -0.15) is 0 Å². The summed E-state index contributed by atoms with van der Waals surface area (Å²) in [7, 11) is 0. The summed E-state index contributed by atoms with van der Waals surface area (Å²) in [4.78, 5) is 17.8. The maximum absolute atomic E-state index is 12.8. The predicted octanol–water partition coefficient (Wildman–Crippen LogP) is 3.79. The Hall–Kier alpha value is -3.06. The number of rotatable bonds is 6. The highest BCUT2D eigenvalue weighted by molar-refractivity contribution is 7.80. The van der Waals surface area contributed by atoms with Crippen molar-refractivity contribution in [2.24, 2.45) is 5.92 Å². The summed E-state index contributed by atoms with van der Waals surface area (Å²) in [5.41, 5.74) is 2.37. The number of nitrogens with one attached hydrogen (secondary N) is 2. The summed E-state index contributed by atoms with van der Waals surface area (Å²) in [6.07, 6.45) is 0. The van der Waals surface area contributed by atoms with E-state index in [9.17, 15) is 4.79 Å². The first-order valence-corrected chi connectivity index (χ1v) is 10.4. The molecule has 0 bridgehead atoms. The van der Waals surface area contributed by atoms with E-state index < -0.39 is 0 Å². The number of pyridine rings is 1. The summed E-state index contributed by atoms with van der Waals surface area (Å²) in [6, 6.07) is 15.7. The standard InChI is InChI=1S/C23H25N3O3S/c1-15(2)11-24-23(30)26(12-16-6-4-3-5-7-16)13-18-8-17-9-20-21(29-14-28-20)10-19(17)25-22(18)27/h3-10,15H,11-14H2,1-2H3,(H,24,30)(H,25,27). The van der Waals surface area contributed by atoms with Gasteiger partial charge in [-0.25, -0.2) is 0 Å². The molecule has 6 nitrogen and oxygen atoms in total. The first-order valence-electron chi connectivity index (χ1n) is 10.0. The summed E-state index contributed by atoms with van der Waals surface area (Å²) < 4.78 is 10.9. The first-order chi connectivity index (χ1) is 14.5. The number of ether oxygens (including phenoxy) is 2. The van der Waals surface area contributed by atoms with Gasteiger partial charge in [-0.1, -0.05) is 44.2 Å². The molecule has 156 valence electrons. The van der Waals surface area contributed by atoms with Crippen molar-refractivity contribution in [3.05, 3.63) is 70.0 Å². The van der Waals surface area contributed by atoms with E-state index in [1.165, 1.54) is 0 Å². The molecule has 0 unspecified atom stereocenters. The van der Waals surface area contributed by atoms with Crippen LogP contribution in [0, 0.1) is 5.92 Å². The molecule has 0 spiro atoms. The molecule has 3 aromatic rings. The van der Waals surface area contributed by atoms with Gasteiger partial charge in [0.1, 0.15) is 0 Å². The lowest BCUT2D eigenvalue weighted by Crippen LogP contribution is -2.41. The quantitative estimate of drug-likeness (QED) is 0.588. The van der Waals surface area contributed by atoms with Crippen LogP contribution in [0.4, 0.5) is 0 Å². The van der Waals surface area contributed by atoms with Crippen molar-refractivity contribution >= 4 is 28.2 Å². The van der Waals surface area contributed by atoms with Crippen molar-refractivity contribution in [2.45, 2.75) is 26.9 Å². The van der Waals surface area contributed by atoms with E-state index in [0.717, 1.165) is 23.0 Å². The molecular formula is C23H25N3O3S. The molecule has 0 amide bonds. The zero-order valence-corrected chi connectivity index (χ0v) is 17.9. The summed E-state index contributed by atoms with van der Waals surface area (Å²) in [5, 5.41) is 4.86. The molecule has 1 aromatic heterocycles. The third-order valence-corrected chi connectivity index (χ3v) is 5.34. The lowest BCUT2D eigenvalue weighted by Gasteiger charge is -2.26. The second-order valence-corrected chi connectivity index (χ2v) is 8.22. The molecule has 0 aliphatic carbocycles. The minimum absolute atomic E-state index is 0.133. The van der Waals surface area contributed by atoms with E-state index in [1.807, 2.05) is 35.2 Å². The molecule has 1 aliphatic rings. The first kappa shape index (κ1) is 20.2. The van der Waals surface area contributed by atoms with Crippen molar-refractivity contribution in [1.29, 1.82) is 0 Å². The Kier molecular flexibility index (Phi) is 5.90. The van der Waals surface area contributed by atoms with Crippen LogP contribution in [0.3, 0.4) is 0 Å². The fourth-order valence-corrected chi connectivity index (χ4v) is 3.58. The SMILES string of the molecule is CC(C)CNC(=S)N(Cc1ccccc1)Cc1cc2cc3c(cc2[nH]c1=O)OCO3. The minimum atomic E-state index is -0.133. The molecule has 4 rings (SSSR count). The monoisotopic (exact) mass is 423 g/mol. The number of benzene rings is 2. The number of hydrogen-bond donors (Lipinski definition) is 2. The van der Waals surface area contributed by atoms with Gasteiger partial charge in [0.2, 0.25) is 6.79 Å². The largest absolute Gasteiger partial charge is 0.454 e. The zero-order valence-electron chi connectivity index (χ0n) is 17.1. The molecule has 0 radical (unpaired) electrons. The average molecular weight is 424 g/mol. The van der Waals surface area contributed by atoms with Crippen LogP contribution in [0.5, 0.6) is 11.5 Å². The lowest BCUT2D eigenvalue weighted by molar-refractivity contribution is 0.174. The number of thiocarbonyl (C=S) groups is 1. The molecule has 30 heavy (non-hydrogen) atoms. The van der Waals surface area contributed by atoms with Gasteiger partial charge in [0.05, 0.1) is 12.1 Å². The van der Waals surface area contributed by atoms with Gasteiger partial charge in [0.25, 0.3) is 5.56 Å². The van der Waals surface area contributed by atoms with Gasteiger partial charge in [0.15, 0.2) is 16.6 Å². The van der Waals surface area contributed by atoms with Crippen molar-refractivity contribution in [3.63, 3.8) is 0 Å². The Morgan fingerprint density at radius 2 is 1.87 bits per heavy atom. The van der Waals surface area contributed by atoms with Crippen molar-refractivity contribution in [2.75, 3.05) is 13.3 Å². The van der Waals surface area contributed by atoms with E-state index in [0.29, 0.717) is 41.2 Å². The Morgan fingerprint density at radius 3 is 2.60 bits per heavy atom. The van der Waals surface area contributed by atoms with Crippen LogP contribution < -0.4 is 20.3 Å². The van der Waals surface area contributed by atoms with Gasteiger partial charge in [0, 0.05) is 30.1 Å². The maximum atomic E-state index is 12.8. The van der Waals surface area contributed by atoms with E-state index in [-0.39, 0.29) is 12.4 Å². The van der Waals surface area contributed by atoms with Crippen LogP contribution in [0.15, 0.2) is 53.3 Å². The molecule has 7 heteroatoms. The average Bonchev–Trinajstić information content (AvgIpc) is 3.18. The zero-order chi connectivity index (χ0) is 21.1. The van der Waals surface area contributed by atoms with Gasteiger partial charge >= 0.3 is 0 Å². The van der Waals surface area contributed by atoms with Crippen LogP contribution in [-0.4, -0.2) is 28.3 Å². The Morgan fingerprint density at radius 1 is 1.13 bits per heavy atom. The van der Waals surface area contributed by atoms with Crippen LogP contribution in [0.1, 0.15) is 25.0 Å². The van der Waals surface area contributed by atoms with Crippen LogP contribution >= 0.6 is 12.2 Å². The second-order valence-electron chi connectivity index (χ2n) is 7.84. The Labute approximate surface area is 180 Å². The highest BCUT2D eigenvalue weighted by Crippen LogP contribution is 2.35. The van der Waals surface area contributed by atoms with E-state index >= 15 is 0 Å². The molecule has 2 N–H and O–H groups in total. The topological polar surface area (TPSA) is 66.6 Å². The van der Waals surface area contributed by atoms with Gasteiger partial charge in [-0.3, -0.25) is 4.79 Å². The van der Waals surface area contributed by atoms with Gasteiger partial charge in [-0.15, -0.1) is 0 Å². The number of nitrogens with zero attached hydrogens (tertiary/aromatic N) is 1. The van der Waals surface area contributed by atoms with Crippen molar-refractivity contribution in [1.82, 2.24) is 15.2 Å². The van der Waals surface area contributed by atoms with E-state index in [4.69, 9.17) is 21.7 Å². The normalized spacial score (nSPS) is 12.4. The molecule has 0 saturated heterocycles. The molecule has 2 aromatic carbocycles. The van der Waals surface area contributed by atoms with Gasteiger partial charge in [-0.05, 0) is 35.8 Å². The third-order valence-electron chi connectivity index (χ3n) is 4.94. The molecule has 0 fully saturated rings. The summed E-state index contributed by atoms with van der Waals surface area (Å²) >= 11 is 5.66. The molecule has 1 aliphatic heterocycles. The van der Waals surface area contributed by atoms with Crippen LogP contribution in [-0.2, 0) is 13.1 Å². The molecular weight excluding hydrogens is 398 g/mol. The second kappa shape index (κ2) is 8.75. The Balaban J connectivity index is 1.63. The summed E-state index contributed by atoms with van der Waals surface area (Å²) in [5.74, 6) is 1.81. The van der Waals surface area contributed by atoms with E-state index in [2.05, 4.69) is 36.3 Å². The highest BCUT2D eigenvalue weighted by Gasteiger charge is 2.17. The number of fused-ring (bicyclic) bond motifs is 2. The number of H-pyrrole nitrogens is 1. The van der Waals surface area contributed by atoms with Crippen molar-refractivity contribution in [3.8, 4) is 11.5 Å². The maximum Gasteiger partial charge on any atom is 0.253 e. The Bertz CT molecular complexity index is 1110. The van der Waals surface area contributed by atoms with Crippen LogP contribution in [0.25, 0.3) is 10.9 Å². The smallest absolute Gasteiger partial charge is 0.253 e. The fraction of sp³-hybridized carbons (Fsp3) is 0.304. The number of aromatic nitrogens is 1. The third kappa shape index (κ3) is 4.57. The molecule has 0 atom stereocenters. The molecule has 2 heterocycles. The lowest BCUT2D eigenvalue weighted by atomic mass is 10.1. The summed E-state index contributed by atoms with van der Waals surface area (Å²) in [6.45, 7) is 6.26. The van der Waals surface area contributed by atoms with Crippen molar-refractivity contribution < 1.29 is 9.47 Å². The molecule has 0 saturated carbocycles. The van der Waals surface area contributed by atoms with Gasteiger partial charge < -0.3 is 24.7 Å². The van der Waals surface area contributed by atoms with E-state index in [1.54, 1.807) is 6.07 Å². The van der Waals surface area contributed by atoms with Crippen LogP contribution in [0.2, 0.25) is 0 Å². The highest BCUT2D eigenvalue weighted by atomic mass is 32.1.